The maximum atomic E-state index is 12.6. The minimum atomic E-state index is -3.24. The molecule has 0 spiro atoms. The summed E-state index contributed by atoms with van der Waals surface area (Å²) in [5, 5.41) is 2.92. The van der Waals surface area contributed by atoms with Gasteiger partial charge in [0.15, 0.2) is 15.9 Å². The van der Waals surface area contributed by atoms with Crippen molar-refractivity contribution in [1.82, 2.24) is 5.32 Å². The molecule has 28 heavy (non-hydrogen) atoms. The minimum absolute atomic E-state index is 0.226. The summed E-state index contributed by atoms with van der Waals surface area (Å²) in [7, 11) is -3.24. The predicted octanol–water partition coefficient (Wildman–Crippen LogP) is 4.17. The SMILES string of the molecule is Cc1ccc(C(C)C)c(OC(C)C(=O)NC(C)c2ccc(S(C)(=O)=O)cc2)c1. The first-order chi connectivity index (χ1) is 13.0. The average molecular weight is 404 g/mol. The number of ether oxygens (including phenoxy) is 1. The van der Waals surface area contributed by atoms with Gasteiger partial charge in [0.2, 0.25) is 0 Å². The highest BCUT2D eigenvalue weighted by Crippen LogP contribution is 2.28. The van der Waals surface area contributed by atoms with Crippen LogP contribution in [0, 0.1) is 6.92 Å². The van der Waals surface area contributed by atoms with Crippen LogP contribution in [0.3, 0.4) is 0 Å². The van der Waals surface area contributed by atoms with Crippen molar-refractivity contribution < 1.29 is 17.9 Å². The lowest BCUT2D eigenvalue weighted by Crippen LogP contribution is -2.38. The van der Waals surface area contributed by atoms with Gasteiger partial charge in [0, 0.05) is 6.26 Å². The molecule has 2 atom stereocenters. The zero-order chi connectivity index (χ0) is 21.1. The third kappa shape index (κ3) is 5.58. The molecule has 2 unspecified atom stereocenters. The van der Waals surface area contributed by atoms with Crippen molar-refractivity contribution >= 4 is 15.7 Å². The highest BCUT2D eigenvalue weighted by Gasteiger charge is 2.20. The Labute approximate surface area is 168 Å². The van der Waals surface area contributed by atoms with E-state index in [1.54, 1.807) is 31.2 Å². The number of sulfone groups is 1. The quantitative estimate of drug-likeness (QED) is 0.753. The summed E-state index contributed by atoms with van der Waals surface area (Å²) in [4.78, 5) is 12.8. The number of amides is 1. The highest BCUT2D eigenvalue weighted by atomic mass is 32.2. The molecule has 1 amide bonds. The summed E-state index contributed by atoms with van der Waals surface area (Å²) >= 11 is 0. The molecule has 2 rings (SSSR count). The van der Waals surface area contributed by atoms with Crippen molar-refractivity contribution in [3.05, 3.63) is 59.2 Å². The van der Waals surface area contributed by atoms with E-state index in [2.05, 4.69) is 19.2 Å². The van der Waals surface area contributed by atoms with Crippen LogP contribution in [0.1, 0.15) is 56.3 Å². The maximum absolute atomic E-state index is 12.6. The first-order valence-electron chi connectivity index (χ1n) is 9.36. The third-order valence-corrected chi connectivity index (χ3v) is 5.76. The van der Waals surface area contributed by atoms with Crippen molar-refractivity contribution in [2.75, 3.05) is 6.26 Å². The second-order valence-corrected chi connectivity index (χ2v) is 9.54. The summed E-state index contributed by atoms with van der Waals surface area (Å²) in [5.41, 5.74) is 2.97. The van der Waals surface area contributed by atoms with Gasteiger partial charge < -0.3 is 10.1 Å². The van der Waals surface area contributed by atoms with Crippen LogP contribution in [0.5, 0.6) is 5.75 Å². The smallest absolute Gasteiger partial charge is 0.261 e. The number of hydrogen-bond acceptors (Lipinski definition) is 4. The molecule has 0 radical (unpaired) electrons. The van der Waals surface area contributed by atoms with Crippen LogP contribution in [0.2, 0.25) is 0 Å². The number of nitrogens with one attached hydrogen (secondary N) is 1. The molecule has 0 saturated carbocycles. The summed E-state index contributed by atoms with van der Waals surface area (Å²) in [6, 6.07) is 12.3. The number of carbonyl (C=O) groups excluding carboxylic acids is 1. The molecule has 5 nitrogen and oxygen atoms in total. The van der Waals surface area contributed by atoms with E-state index in [4.69, 9.17) is 4.74 Å². The van der Waals surface area contributed by atoms with Gasteiger partial charge in [0.1, 0.15) is 5.75 Å². The molecule has 1 N–H and O–H groups in total. The Balaban J connectivity index is 2.07. The number of carbonyl (C=O) groups is 1. The van der Waals surface area contributed by atoms with Gasteiger partial charge in [0.05, 0.1) is 10.9 Å². The first-order valence-corrected chi connectivity index (χ1v) is 11.3. The zero-order valence-electron chi connectivity index (χ0n) is 17.3. The Kier molecular flexibility index (Phi) is 6.88. The standard InChI is InChI=1S/C22H29NO4S/c1-14(2)20-12-7-15(3)13-21(20)27-17(5)22(24)23-16(4)18-8-10-19(11-9-18)28(6,25)26/h7-14,16-17H,1-6H3,(H,23,24). The molecular formula is C22H29NO4S. The minimum Gasteiger partial charge on any atom is -0.481 e. The van der Waals surface area contributed by atoms with Crippen LogP contribution in [0.25, 0.3) is 0 Å². The summed E-state index contributed by atoms with van der Waals surface area (Å²) in [5.74, 6) is 0.789. The van der Waals surface area contributed by atoms with Crippen LogP contribution < -0.4 is 10.1 Å². The van der Waals surface area contributed by atoms with Crippen LogP contribution in [-0.2, 0) is 14.6 Å². The molecule has 0 fully saturated rings. The molecule has 6 heteroatoms. The molecule has 2 aromatic rings. The Bertz CT molecular complexity index is 934. The zero-order valence-corrected chi connectivity index (χ0v) is 18.1. The average Bonchev–Trinajstić information content (AvgIpc) is 2.60. The number of benzene rings is 2. The fourth-order valence-corrected chi connectivity index (χ4v) is 3.51. The molecule has 0 aliphatic rings. The Morgan fingerprint density at radius 1 is 1.00 bits per heavy atom. The Morgan fingerprint density at radius 3 is 2.14 bits per heavy atom. The van der Waals surface area contributed by atoms with E-state index in [-0.39, 0.29) is 22.8 Å². The van der Waals surface area contributed by atoms with Crippen LogP contribution in [0.15, 0.2) is 47.4 Å². The second-order valence-electron chi connectivity index (χ2n) is 7.53. The van der Waals surface area contributed by atoms with E-state index in [0.29, 0.717) is 0 Å². The van der Waals surface area contributed by atoms with Crippen molar-refractivity contribution in [3.63, 3.8) is 0 Å². The van der Waals surface area contributed by atoms with Crippen LogP contribution in [-0.4, -0.2) is 26.7 Å². The largest absolute Gasteiger partial charge is 0.481 e. The molecule has 0 aliphatic heterocycles. The van der Waals surface area contributed by atoms with Gasteiger partial charge in [0.25, 0.3) is 5.91 Å². The first kappa shape index (κ1) is 22.0. The molecular weight excluding hydrogens is 374 g/mol. The van der Waals surface area contributed by atoms with Gasteiger partial charge in [-0.05, 0) is 61.6 Å². The van der Waals surface area contributed by atoms with Gasteiger partial charge >= 0.3 is 0 Å². The normalized spacial score (nSPS) is 13.8. The van der Waals surface area contributed by atoms with Crippen molar-refractivity contribution in [1.29, 1.82) is 0 Å². The van der Waals surface area contributed by atoms with Gasteiger partial charge in [-0.1, -0.05) is 38.1 Å². The van der Waals surface area contributed by atoms with Gasteiger partial charge in [-0.2, -0.15) is 0 Å². The lowest BCUT2D eigenvalue weighted by molar-refractivity contribution is -0.127. The fourth-order valence-electron chi connectivity index (χ4n) is 2.88. The molecule has 2 aromatic carbocycles. The lowest BCUT2D eigenvalue weighted by Gasteiger charge is -2.21. The van der Waals surface area contributed by atoms with E-state index in [9.17, 15) is 13.2 Å². The number of rotatable bonds is 7. The Morgan fingerprint density at radius 2 is 1.61 bits per heavy atom. The van der Waals surface area contributed by atoms with E-state index in [1.165, 1.54) is 6.26 Å². The van der Waals surface area contributed by atoms with Crippen molar-refractivity contribution in [2.24, 2.45) is 0 Å². The fraction of sp³-hybridized carbons (Fsp3) is 0.409. The second kappa shape index (κ2) is 8.78. The van der Waals surface area contributed by atoms with E-state index >= 15 is 0 Å². The predicted molar refractivity (Wildman–Crippen MR) is 111 cm³/mol. The summed E-state index contributed by atoms with van der Waals surface area (Å²) in [6.45, 7) is 9.74. The monoisotopic (exact) mass is 403 g/mol. The van der Waals surface area contributed by atoms with Crippen molar-refractivity contribution in [2.45, 2.75) is 57.6 Å². The number of hydrogen-bond donors (Lipinski definition) is 1. The molecule has 0 aromatic heterocycles. The van der Waals surface area contributed by atoms with Gasteiger partial charge in [-0.25, -0.2) is 8.42 Å². The van der Waals surface area contributed by atoms with Crippen molar-refractivity contribution in [3.8, 4) is 5.75 Å². The lowest BCUT2D eigenvalue weighted by atomic mass is 10.0. The van der Waals surface area contributed by atoms with Gasteiger partial charge in [-0.15, -0.1) is 0 Å². The topological polar surface area (TPSA) is 72.5 Å². The van der Waals surface area contributed by atoms with E-state index < -0.39 is 15.9 Å². The molecule has 152 valence electrons. The Hall–Kier alpha value is -2.34. The molecule has 0 heterocycles. The van der Waals surface area contributed by atoms with E-state index in [1.807, 2.05) is 32.0 Å². The van der Waals surface area contributed by atoms with Crippen LogP contribution in [0.4, 0.5) is 0 Å². The molecule has 0 aliphatic carbocycles. The van der Waals surface area contributed by atoms with Crippen LogP contribution >= 0.6 is 0 Å². The molecule has 0 saturated heterocycles. The third-order valence-electron chi connectivity index (χ3n) is 4.63. The maximum Gasteiger partial charge on any atom is 0.261 e. The summed E-state index contributed by atoms with van der Waals surface area (Å²) in [6.07, 6.45) is 0.514. The van der Waals surface area contributed by atoms with Gasteiger partial charge in [-0.3, -0.25) is 4.79 Å². The number of aryl methyl sites for hydroxylation is 1. The molecule has 0 bridgehead atoms. The highest BCUT2D eigenvalue weighted by molar-refractivity contribution is 7.90. The summed E-state index contributed by atoms with van der Waals surface area (Å²) < 4.78 is 29.1. The van der Waals surface area contributed by atoms with E-state index in [0.717, 1.165) is 22.4 Å².